The molecule has 6 nitrogen and oxygen atoms in total. The van der Waals surface area contributed by atoms with Crippen LogP contribution in [-0.2, 0) is 16.6 Å². The molecule has 1 saturated carbocycles. The topological polar surface area (TPSA) is 78.8 Å². The minimum absolute atomic E-state index is 0.151. The van der Waals surface area contributed by atoms with Crippen LogP contribution >= 0.6 is 0 Å². The van der Waals surface area contributed by atoms with Gasteiger partial charge in [0, 0.05) is 5.71 Å². The van der Waals surface area contributed by atoms with Crippen molar-refractivity contribution in [3.8, 4) is 0 Å². The van der Waals surface area contributed by atoms with Crippen LogP contribution in [0.3, 0.4) is 0 Å². The first-order valence-corrected chi connectivity index (χ1v) is 11.8. The molecule has 0 unspecified atom stereocenters. The smallest absolute Gasteiger partial charge is 0.267 e. The van der Waals surface area contributed by atoms with Crippen molar-refractivity contribution in [2.75, 3.05) is 10.6 Å². The Hall–Kier alpha value is -2.67. The van der Waals surface area contributed by atoms with Crippen molar-refractivity contribution >= 4 is 27.3 Å². The summed E-state index contributed by atoms with van der Waals surface area (Å²) in [6.45, 7) is 0.151. The van der Waals surface area contributed by atoms with E-state index >= 15 is 0 Å². The normalized spacial score (nSPS) is 14.7. The number of carbonyl (C=O) groups excluding carboxylic acids is 1. The van der Waals surface area contributed by atoms with Gasteiger partial charge in [0.05, 0.1) is 24.1 Å². The quantitative estimate of drug-likeness (QED) is 0.572. The number of anilines is 1. The predicted octanol–water partition coefficient (Wildman–Crippen LogP) is 4.09. The van der Waals surface area contributed by atoms with Crippen LogP contribution in [0.1, 0.15) is 54.4 Å². The molecule has 1 aliphatic carbocycles. The van der Waals surface area contributed by atoms with Crippen LogP contribution in [0.4, 0.5) is 5.69 Å². The first-order valence-electron chi connectivity index (χ1n) is 9.91. The lowest BCUT2D eigenvalue weighted by Crippen LogP contribution is -2.32. The number of sulfonamides is 1. The molecule has 0 saturated heterocycles. The Morgan fingerprint density at radius 3 is 2.24 bits per heavy atom. The van der Waals surface area contributed by atoms with E-state index in [4.69, 9.17) is 0 Å². The lowest BCUT2D eigenvalue weighted by molar-refractivity contribution is 0.0955. The molecule has 2 aromatic carbocycles. The van der Waals surface area contributed by atoms with Crippen LogP contribution in [-0.4, -0.2) is 26.3 Å². The van der Waals surface area contributed by atoms with Gasteiger partial charge in [-0.25, -0.2) is 13.8 Å². The standard InChI is InChI=1S/C22H27N3O3S/c1-29(27,28)25(17-18-11-5-4-6-12-18)21-16-10-9-15-20(21)22(26)24-23-19-13-7-2-3-8-14-19/h4-6,9-12,15-16H,2-3,7-8,13-14,17H2,1H3,(H,24,26). The summed E-state index contributed by atoms with van der Waals surface area (Å²) in [6.07, 6.45) is 7.50. The van der Waals surface area contributed by atoms with Crippen LogP contribution in [0.5, 0.6) is 0 Å². The van der Waals surface area contributed by atoms with E-state index in [1.165, 1.54) is 17.1 Å². The second kappa shape index (κ2) is 9.69. The zero-order valence-corrected chi connectivity index (χ0v) is 17.5. The fourth-order valence-electron chi connectivity index (χ4n) is 3.45. The molecule has 1 fully saturated rings. The second-order valence-electron chi connectivity index (χ2n) is 7.31. The van der Waals surface area contributed by atoms with Crippen molar-refractivity contribution in [2.45, 2.75) is 45.1 Å². The van der Waals surface area contributed by atoms with Crippen LogP contribution in [0.15, 0.2) is 59.7 Å². The minimum atomic E-state index is -3.59. The lowest BCUT2D eigenvalue weighted by atomic mass is 10.1. The number of para-hydroxylation sites is 1. The van der Waals surface area contributed by atoms with E-state index in [0.29, 0.717) is 5.69 Å². The Kier molecular flexibility index (Phi) is 7.04. The molecule has 0 atom stereocenters. The highest BCUT2D eigenvalue weighted by Crippen LogP contribution is 2.25. The summed E-state index contributed by atoms with van der Waals surface area (Å²) in [6, 6.07) is 16.0. The number of nitrogens with one attached hydrogen (secondary N) is 1. The van der Waals surface area contributed by atoms with E-state index in [2.05, 4.69) is 10.5 Å². The van der Waals surface area contributed by atoms with Crippen molar-refractivity contribution in [3.05, 3.63) is 65.7 Å². The number of amides is 1. The third-order valence-electron chi connectivity index (χ3n) is 4.98. The largest absolute Gasteiger partial charge is 0.273 e. The van der Waals surface area contributed by atoms with E-state index in [-0.39, 0.29) is 12.1 Å². The number of carbonyl (C=O) groups is 1. The summed E-state index contributed by atoms with van der Waals surface area (Å²) < 4.78 is 26.3. The van der Waals surface area contributed by atoms with Crippen molar-refractivity contribution in [1.82, 2.24) is 5.43 Å². The fourth-order valence-corrected chi connectivity index (χ4v) is 4.35. The molecule has 29 heavy (non-hydrogen) atoms. The average molecular weight is 414 g/mol. The maximum atomic E-state index is 12.8. The summed E-state index contributed by atoms with van der Waals surface area (Å²) in [7, 11) is -3.59. The average Bonchev–Trinajstić information content (AvgIpc) is 2.99. The summed E-state index contributed by atoms with van der Waals surface area (Å²) in [4.78, 5) is 12.8. The number of hydrogen-bond donors (Lipinski definition) is 1. The summed E-state index contributed by atoms with van der Waals surface area (Å²) in [5.41, 5.74) is 5.10. The van der Waals surface area contributed by atoms with Gasteiger partial charge in [-0.2, -0.15) is 5.10 Å². The van der Waals surface area contributed by atoms with E-state index in [9.17, 15) is 13.2 Å². The molecule has 0 spiro atoms. The van der Waals surface area contributed by atoms with E-state index in [1.807, 2.05) is 30.3 Å². The van der Waals surface area contributed by atoms with E-state index < -0.39 is 15.9 Å². The molecule has 0 bridgehead atoms. The Morgan fingerprint density at radius 2 is 1.59 bits per heavy atom. The zero-order chi connectivity index (χ0) is 20.7. The van der Waals surface area contributed by atoms with Crippen LogP contribution in [0.25, 0.3) is 0 Å². The van der Waals surface area contributed by atoms with Crippen molar-refractivity contribution < 1.29 is 13.2 Å². The maximum Gasteiger partial charge on any atom is 0.273 e. The van der Waals surface area contributed by atoms with Gasteiger partial charge < -0.3 is 0 Å². The Balaban J connectivity index is 1.87. The molecule has 0 heterocycles. The molecule has 0 aliphatic heterocycles. The Morgan fingerprint density at radius 1 is 0.966 bits per heavy atom. The highest BCUT2D eigenvalue weighted by molar-refractivity contribution is 7.92. The van der Waals surface area contributed by atoms with Gasteiger partial charge in [-0.05, 0) is 43.4 Å². The van der Waals surface area contributed by atoms with Crippen LogP contribution in [0, 0.1) is 0 Å². The molecular formula is C22H27N3O3S. The highest BCUT2D eigenvalue weighted by atomic mass is 32.2. The van der Waals surface area contributed by atoms with Crippen molar-refractivity contribution in [1.29, 1.82) is 0 Å². The van der Waals surface area contributed by atoms with Crippen LogP contribution < -0.4 is 9.73 Å². The Labute approximate surface area is 172 Å². The molecule has 1 N–H and O–H groups in total. The van der Waals surface area contributed by atoms with Gasteiger partial charge in [-0.15, -0.1) is 0 Å². The Bertz CT molecular complexity index is 962. The summed E-state index contributed by atoms with van der Waals surface area (Å²) in [5, 5.41) is 4.32. The van der Waals surface area contributed by atoms with E-state index in [0.717, 1.165) is 43.2 Å². The monoisotopic (exact) mass is 413 g/mol. The zero-order valence-electron chi connectivity index (χ0n) is 16.7. The SMILES string of the molecule is CS(=O)(=O)N(Cc1ccccc1)c1ccccc1C(=O)NN=C1CCCCCC1. The molecule has 154 valence electrons. The first kappa shape index (κ1) is 21.0. The molecule has 1 aliphatic rings. The van der Waals surface area contributed by atoms with Crippen LogP contribution in [0.2, 0.25) is 0 Å². The van der Waals surface area contributed by atoms with Gasteiger partial charge in [0.1, 0.15) is 0 Å². The number of benzene rings is 2. The number of hydrogen-bond acceptors (Lipinski definition) is 4. The number of nitrogens with zero attached hydrogens (tertiary/aromatic N) is 2. The van der Waals surface area contributed by atoms with E-state index in [1.54, 1.807) is 24.3 Å². The molecule has 0 radical (unpaired) electrons. The first-order chi connectivity index (χ1) is 13.9. The van der Waals surface area contributed by atoms with Crippen molar-refractivity contribution in [3.63, 3.8) is 0 Å². The highest BCUT2D eigenvalue weighted by Gasteiger charge is 2.23. The molecular weight excluding hydrogens is 386 g/mol. The lowest BCUT2D eigenvalue weighted by Gasteiger charge is -2.24. The van der Waals surface area contributed by atoms with Gasteiger partial charge in [-0.1, -0.05) is 55.3 Å². The third kappa shape index (κ3) is 5.90. The van der Waals surface area contributed by atoms with Gasteiger partial charge >= 0.3 is 0 Å². The molecule has 3 rings (SSSR count). The fraction of sp³-hybridized carbons (Fsp3) is 0.364. The predicted molar refractivity (Wildman–Crippen MR) is 117 cm³/mol. The summed E-state index contributed by atoms with van der Waals surface area (Å²) >= 11 is 0. The van der Waals surface area contributed by atoms with Gasteiger partial charge in [0.25, 0.3) is 5.91 Å². The maximum absolute atomic E-state index is 12.8. The molecule has 7 heteroatoms. The number of hydrazone groups is 1. The molecule has 0 aromatic heterocycles. The van der Waals surface area contributed by atoms with Gasteiger partial charge in [0.2, 0.25) is 10.0 Å². The minimum Gasteiger partial charge on any atom is -0.267 e. The van der Waals surface area contributed by atoms with Gasteiger partial charge in [0.15, 0.2) is 0 Å². The number of rotatable bonds is 6. The molecule has 2 aromatic rings. The third-order valence-corrected chi connectivity index (χ3v) is 6.11. The van der Waals surface area contributed by atoms with Gasteiger partial charge in [-0.3, -0.25) is 9.10 Å². The van der Waals surface area contributed by atoms with Crippen molar-refractivity contribution in [2.24, 2.45) is 5.10 Å². The second-order valence-corrected chi connectivity index (χ2v) is 9.21. The molecule has 1 amide bonds. The summed E-state index contributed by atoms with van der Waals surface area (Å²) in [5.74, 6) is -0.404.